The van der Waals surface area contributed by atoms with Crippen LogP contribution >= 0.6 is 0 Å². The summed E-state index contributed by atoms with van der Waals surface area (Å²) in [6.07, 6.45) is -0.402. The number of halogens is 1. The van der Waals surface area contributed by atoms with E-state index in [0.29, 0.717) is 12.0 Å². The quantitative estimate of drug-likeness (QED) is 0.527. The molecule has 1 N–H and O–H groups in total. The van der Waals surface area contributed by atoms with Gasteiger partial charge in [-0.15, -0.1) is 0 Å². The topological polar surface area (TPSA) is 104 Å². The van der Waals surface area contributed by atoms with E-state index in [2.05, 4.69) is 0 Å². The predicted octanol–water partition coefficient (Wildman–Crippen LogP) is 3.08. The molecule has 1 aliphatic rings. The molecule has 0 saturated carbocycles. The van der Waals surface area contributed by atoms with E-state index in [1.807, 2.05) is 0 Å². The molecule has 1 heterocycles. The van der Waals surface area contributed by atoms with E-state index in [-0.39, 0.29) is 35.9 Å². The average Bonchev–Trinajstić information content (AvgIpc) is 3.10. The number of rotatable bonds is 7. The molecule has 0 bridgehead atoms. The number of sulfonamides is 1. The summed E-state index contributed by atoms with van der Waals surface area (Å²) in [5, 5.41) is 22.0. The number of nitro benzene ring substituents is 1. The maximum absolute atomic E-state index is 13.3. The zero-order valence-electron chi connectivity index (χ0n) is 16.7. The molecular weight excluding hydrogens is 413 g/mol. The van der Waals surface area contributed by atoms with Gasteiger partial charge in [0.05, 0.1) is 22.0 Å². The standard InChI is InChI=1S/C20H24FN3O5S/c1-3-22(4-2)30(28,29)17-9-10-18(20(12-17)24(26)27)23-13-16(25)11-19(23)14-5-7-15(21)8-6-14/h5-10,12,16,19,25H,3-4,11,13H2,1-2H3/t16-,19-/m0/s1. The summed E-state index contributed by atoms with van der Waals surface area (Å²) in [6, 6.07) is 9.18. The lowest BCUT2D eigenvalue weighted by atomic mass is 10.0. The number of anilines is 1. The zero-order chi connectivity index (χ0) is 22.1. The normalized spacial score (nSPS) is 19.4. The minimum atomic E-state index is -3.86. The van der Waals surface area contributed by atoms with Crippen LogP contribution in [0.2, 0.25) is 0 Å². The van der Waals surface area contributed by atoms with E-state index in [9.17, 15) is 28.0 Å². The number of hydrogen-bond donors (Lipinski definition) is 1. The van der Waals surface area contributed by atoms with Crippen molar-refractivity contribution < 1.29 is 22.8 Å². The van der Waals surface area contributed by atoms with Gasteiger partial charge < -0.3 is 10.0 Å². The molecule has 162 valence electrons. The van der Waals surface area contributed by atoms with Crippen LogP contribution in [0.5, 0.6) is 0 Å². The summed E-state index contributed by atoms with van der Waals surface area (Å²) >= 11 is 0. The Morgan fingerprint density at radius 2 is 1.83 bits per heavy atom. The van der Waals surface area contributed by atoms with Crippen molar-refractivity contribution in [1.29, 1.82) is 0 Å². The van der Waals surface area contributed by atoms with Crippen molar-refractivity contribution in [3.63, 3.8) is 0 Å². The van der Waals surface area contributed by atoms with Crippen molar-refractivity contribution in [2.75, 3.05) is 24.5 Å². The minimum Gasteiger partial charge on any atom is -0.391 e. The molecule has 0 aromatic heterocycles. The number of benzene rings is 2. The summed E-state index contributed by atoms with van der Waals surface area (Å²) in [6.45, 7) is 4.04. The fourth-order valence-corrected chi connectivity index (χ4v) is 5.32. The highest BCUT2D eigenvalue weighted by Crippen LogP contribution is 2.41. The molecule has 0 radical (unpaired) electrons. The van der Waals surface area contributed by atoms with Gasteiger partial charge in [-0.1, -0.05) is 26.0 Å². The molecule has 3 rings (SSSR count). The lowest BCUT2D eigenvalue weighted by Crippen LogP contribution is -2.31. The van der Waals surface area contributed by atoms with Gasteiger partial charge in [0, 0.05) is 25.7 Å². The van der Waals surface area contributed by atoms with Crippen LogP contribution in [-0.2, 0) is 10.0 Å². The number of nitro groups is 1. The second kappa shape index (κ2) is 8.66. The maximum Gasteiger partial charge on any atom is 0.293 e. The largest absolute Gasteiger partial charge is 0.391 e. The van der Waals surface area contributed by atoms with Crippen LogP contribution in [0.3, 0.4) is 0 Å². The Bertz CT molecular complexity index is 1030. The minimum absolute atomic E-state index is 0.144. The third-order valence-electron chi connectivity index (χ3n) is 5.33. The van der Waals surface area contributed by atoms with Crippen LogP contribution in [-0.4, -0.2) is 48.5 Å². The van der Waals surface area contributed by atoms with Crippen molar-refractivity contribution in [3.05, 3.63) is 64.0 Å². The maximum atomic E-state index is 13.3. The number of aliphatic hydroxyl groups is 1. The first-order valence-corrected chi connectivity index (χ1v) is 11.1. The summed E-state index contributed by atoms with van der Waals surface area (Å²) < 4.78 is 40.1. The second-order valence-corrected chi connectivity index (χ2v) is 9.04. The highest BCUT2D eigenvalue weighted by atomic mass is 32.2. The first-order chi connectivity index (χ1) is 14.2. The SMILES string of the molecule is CCN(CC)S(=O)(=O)c1ccc(N2C[C@@H](O)C[C@H]2c2ccc(F)cc2)c([N+](=O)[O-])c1. The Morgan fingerprint density at radius 1 is 1.20 bits per heavy atom. The summed E-state index contributed by atoms with van der Waals surface area (Å²) in [7, 11) is -3.86. The van der Waals surface area contributed by atoms with E-state index in [0.717, 1.165) is 6.07 Å². The average molecular weight is 437 g/mol. The Morgan fingerprint density at radius 3 is 2.40 bits per heavy atom. The lowest BCUT2D eigenvalue weighted by Gasteiger charge is -2.27. The van der Waals surface area contributed by atoms with Crippen molar-refractivity contribution in [2.45, 2.75) is 37.3 Å². The molecule has 0 aliphatic carbocycles. The lowest BCUT2D eigenvalue weighted by molar-refractivity contribution is -0.384. The fraction of sp³-hybridized carbons (Fsp3) is 0.400. The van der Waals surface area contributed by atoms with Crippen molar-refractivity contribution >= 4 is 21.4 Å². The number of nitrogens with zero attached hydrogens (tertiary/aromatic N) is 3. The van der Waals surface area contributed by atoms with Gasteiger partial charge in [-0.05, 0) is 36.2 Å². The Hall–Kier alpha value is -2.56. The summed E-state index contributed by atoms with van der Waals surface area (Å²) in [5.74, 6) is -0.402. The molecule has 0 unspecified atom stereocenters. The molecule has 30 heavy (non-hydrogen) atoms. The van der Waals surface area contributed by atoms with Crippen molar-refractivity contribution in [1.82, 2.24) is 4.31 Å². The molecule has 2 aromatic rings. The zero-order valence-corrected chi connectivity index (χ0v) is 17.5. The first-order valence-electron chi connectivity index (χ1n) is 9.67. The van der Waals surface area contributed by atoms with E-state index >= 15 is 0 Å². The molecule has 1 saturated heterocycles. The number of aliphatic hydroxyl groups excluding tert-OH is 1. The second-order valence-electron chi connectivity index (χ2n) is 7.11. The van der Waals surface area contributed by atoms with E-state index in [4.69, 9.17) is 0 Å². The number of β-amino-alcohol motifs (C(OH)–C–C–N with tert-alkyl or cyclic N) is 1. The van der Waals surface area contributed by atoms with Crippen LogP contribution in [0.25, 0.3) is 0 Å². The Kier molecular flexibility index (Phi) is 6.39. The predicted molar refractivity (Wildman–Crippen MR) is 110 cm³/mol. The van der Waals surface area contributed by atoms with Gasteiger partial charge in [0.2, 0.25) is 10.0 Å². The van der Waals surface area contributed by atoms with Gasteiger partial charge in [0.1, 0.15) is 11.5 Å². The Labute approximate surface area is 174 Å². The van der Waals surface area contributed by atoms with Crippen LogP contribution in [0, 0.1) is 15.9 Å². The van der Waals surface area contributed by atoms with Gasteiger partial charge in [-0.25, -0.2) is 12.8 Å². The van der Waals surface area contributed by atoms with Gasteiger partial charge in [-0.2, -0.15) is 4.31 Å². The molecule has 0 spiro atoms. The van der Waals surface area contributed by atoms with Gasteiger partial charge in [-0.3, -0.25) is 10.1 Å². The molecule has 10 heteroatoms. The summed E-state index contributed by atoms with van der Waals surface area (Å²) in [5.41, 5.74) is 0.566. The summed E-state index contributed by atoms with van der Waals surface area (Å²) in [4.78, 5) is 12.7. The van der Waals surface area contributed by atoms with Crippen LogP contribution in [0.1, 0.15) is 31.9 Å². The molecule has 2 atom stereocenters. The third kappa shape index (κ3) is 4.16. The van der Waals surface area contributed by atoms with E-state index in [1.54, 1.807) is 30.9 Å². The van der Waals surface area contributed by atoms with Crippen LogP contribution < -0.4 is 4.90 Å². The third-order valence-corrected chi connectivity index (χ3v) is 7.38. The molecule has 1 aliphatic heterocycles. The van der Waals surface area contributed by atoms with Gasteiger partial charge in [0.15, 0.2) is 0 Å². The van der Waals surface area contributed by atoms with Crippen LogP contribution in [0.4, 0.5) is 15.8 Å². The molecule has 0 amide bonds. The van der Waals surface area contributed by atoms with Crippen LogP contribution in [0.15, 0.2) is 47.4 Å². The monoisotopic (exact) mass is 437 g/mol. The van der Waals surface area contributed by atoms with E-state index < -0.39 is 32.9 Å². The smallest absolute Gasteiger partial charge is 0.293 e. The molecular formula is C20H24FN3O5S. The molecule has 8 nitrogen and oxygen atoms in total. The highest BCUT2D eigenvalue weighted by molar-refractivity contribution is 7.89. The molecule has 1 fully saturated rings. The first kappa shape index (κ1) is 22.1. The molecule has 2 aromatic carbocycles. The van der Waals surface area contributed by atoms with Gasteiger partial charge >= 0.3 is 0 Å². The fourth-order valence-electron chi connectivity index (χ4n) is 3.85. The highest BCUT2D eigenvalue weighted by Gasteiger charge is 2.36. The van der Waals surface area contributed by atoms with E-state index in [1.165, 1.54) is 28.6 Å². The van der Waals surface area contributed by atoms with Crippen molar-refractivity contribution in [2.24, 2.45) is 0 Å². The number of hydrogen-bond acceptors (Lipinski definition) is 6. The Balaban J connectivity index is 2.06. The van der Waals surface area contributed by atoms with Gasteiger partial charge in [0.25, 0.3) is 5.69 Å². The van der Waals surface area contributed by atoms with Crippen molar-refractivity contribution in [3.8, 4) is 0 Å².